The van der Waals surface area contributed by atoms with Crippen molar-refractivity contribution in [3.05, 3.63) is 63.3 Å². The average Bonchev–Trinajstić information content (AvgIpc) is 2.87. The molecule has 0 aliphatic carbocycles. The lowest BCUT2D eigenvalue weighted by Crippen LogP contribution is -2.45. The number of amides is 2. The summed E-state index contributed by atoms with van der Waals surface area (Å²) in [6.45, 7) is 3.69. The van der Waals surface area contributed by atoms with Gasteiger partial charge >= 0.3 is 12.0 Å². The van der Waals surface area contributed by atoms with E-state index < -0.39 is 24.3 Å². The minimum Gasteiger partial charge on any atom is -0.490 e. The number of rotatable bonds is 11. The molecule has 2 aromatic rings. The summed E-state index contributed by atoms with van der Waals surface area (Å²) in [7, 11) is 5.19. The first-order valence-electron chi connectivity index (χ1n) is 11.8. The molecular formula is C26H32BrN5O6. The molecule has 0 aromatic heterocycles. The molecule has 0 spiro atoms. The van der Waals surface area contributed by atoms with Crippen LogP contribution < -0.4 is 30.4 Å². The van der Waals surface area contributed by atoms with Crippen LogP contribution in [-0.2, 0) is 9.53 Å². The first kappa shape index (κ1) is 28.8. The van der Waals surface area contributed by atoms with Crippen molar-refractivity contribution in [1.29, 1.82) is 0 Å². The summed E-state index contributed by atoms with van der Waals surface area (Å²) in [6, 6.07) is 9.66. The third kappa shape index (κ3) is 7.17. The van der Waals surface area contributed by atoms with E-state index in [1.807, 2.05) is 44.1 Å². The van der Waals surface area contributed by atoms with Gasteiger partial charge in [-0.2, -0.15) is 5.10 Å². The van der Waals surface area contributed by atoms with Gasteiger partial charge in [-0.15, -0.1) is 0 Å². The summed E-state index contributed by atoms with van der Waals surface area (Å²) in [5.41, 5.74) is 5.80. The molecule has 0 saturated carbocycles. The minimum atomic E-state index is -1.09. The van der Waals surface area contributed by atoms with Crippen LogP contribution in [0.3, 0.4) is 0 Å². The molecule has 12 heteroatoms. The Morgan fingerprint density at radius 2 is 2.00 bits per heavy atom. The Balaban J connectivity index is 1.68. The van der Waals surface area contributed by atoms with Crippen molar-refractivity contribution in [3.63, 3.8) is 0 Å². The SMILES string of the molecule is CCOc1cc([C@@H]2NC(=O)NC(C)=C2C(=O)OC)ccc1OC[C@@H](O)N/N=C\c1ccc(N(C)C)c(Br)c1. The average molecular weight is 590 g/mol. The number of allylic oxidation sites excluding steroid dienone is 1. The van der Waals surface area contributed by atoms with Crippen LogP contribution in [0.5, 0.6) is 11.5 Å². The first-order valence-corrected chi connectivity index (χ1v) is 12.6. The summed E-state index contributed by atoms with van der Waals surface area (Å²) >= 11 is 3.53. The van der Waals surface area contributed by atoms with Crippen LogP contribution in [0.15, 0.2) is 57.2 Å². The number of carbonyl (C=O) groups excluding carboxylic acids is 2. The van der Waals surface area contributed by atoms with Gasteiger partial charge in [0, 0.05) is 24.3 Å². The molecule has 11 nitrogen and oxygen atoms in total. The van der Waals surface area contributed by atoms with Gasteiger partial charge in [0.15, 0.2) is 17.7 Å². The molecule has 204 valence electrons. The number of methoxy groups -OCH3 is 1. The van der Waals surface area contributed by atoms with E-state index in [1.165, 1.54) is 7.11 Å². The topological polar surface area (TPSA) is 134 Å². The van der Waals surface area contributed by atoms with E-state index in [0.29, 0.717) is 29.4 Å². The Morgan fingerprint density at radius 1 is 1.24 bits per heavy atom. The van der Waals surface area contributed by atoms with E-state index in [1.54, 1.807) is 31.3 Å². The third-order valence-corrected chi connectivity index (χ3v) is 6.20. The van der Waals surface area contributed by atoms with Crippen LogP contribution in [0.2, 0.25) is 0 Å². The molecule has 0 unspecified atom stereocenters. The van der Waals surface area contributed by atoms with Gasteiger partial charge in [0.05, 0.1) is 37.2 Å². The van der Waals surface area contributed by atoms with Crippen molar-refractivity contribution in [2.45, 2.75) is 26.1 Å². The van der Waals surface area contributed by atoms with Gasteiger partial charge in [-0.05, 0) is 65.2 Å². The van der Waals surface area contributed by atoms with Crippen molar-refractivity contribution < 1.29 is 28.9 Å². The number of anilines is 1. The van der Waals surface area contributed by atoms with Gasteiger partial charge in [0.1, 0.15) is 6.61 Å². The fourth-order valence-corrected chi connectivity index (χ4v) is 4.54. The molecule has 1 aliphatic heterocycles. The Hall–Kier alpha value is -3.77. The number of nitrogens with one attached hydrogen (secondary N) is 3. The number of carbonyl (C=O) groups is 2. The van der Waals surface area contributed by atoms with Crippen molar-refractivity contribution in [2.75, 3.05) is 39.3 Å². The fraction of sp³-hybridized carbons (Fsp3) is 0.346. The van der Waals surface area contributed by atoms with Gasteiger partial charge in [-0.3, -0.25) is 5.43 Å². The molecule has 4 N–H and O–H groups in total. The largest absolute Gasteiger partial charge is 0.490 e. The van der Waals surface area contributed by atoms with Gasteiger partial charge in [-0.25, -0.2) is 9.59 Å². The van der Waals surface area contributed by atoms with E-state index in [0.717, 1.165) is 15.7 Å². The maximum Gasteiger partial charge on any atom is 0.337 e. The maximum absolute atomic E-state index is 12.4. The van der Waals surface area contributed by atoms with Crippen LogP contribution in [-0.4, -0.2) is 64.0 Å². The standard InChI is InChI=1S/C26H32BrN5O6/c1-6-37-21-12-17(24-23(25(34)36-5)15(2)29-26(35)30-24)8-10-20(21)38-14-22(33)31-28-13-16-7-9-19(32(3)4)18(27)11-16/h7-13,22,24,31,33H,6,14H2,1-5H3,(H2,29,30,35)/b28-13-/t22-,24+/m1/s1. The first-order chi connectivity index (χ1) is 18.1. The van der Waals surface area contributed by atoms with Gasteiger partial charge in [0.25, 0.3) is 0 Å². The number of halogens is 1. The van der Waals surface area contributed by atoms with Crippen molar-refractivity contribution >= 4 is 39.8 Å². The maximum atomic E-state index is 12.4. The monoisotopic (exact) mass is 589 g/mol. The molecule has 0 fully saturated rings. The number of hydrogen-bond acceptors (Lipinski definition) is 9. The number of aliphatic hydroxyl groups excluding tert-OH is 1. The number of esters is 1. The zero-order chi connectivity index (χ0) is 27.8. The zero-order valence-corrected chi connectivity index (χ0v) is 23.5. The highest BCUT2D eigenvalue weighted by atomic mass is 79.9. The van der Waals surface area contributed by atoms with Crippen molar-refractivity contribution in [3.8, 4) is 11.5 Å². The van der Waals surface area contributed by atoms with E-state index in [-0.39, 0.29) is 12.2 Å². The summed E-state index contributed by atoms with van der Waals surface area (Å²) < 4.78 is 17.3. The van der Waals surface area contributed by atoms with Crippen LogP contribution in [0, 0.1) is 0 Å². The number of benzene rings is 2. The lowest BCUT2D eigenvalue weighted by atomic mass is 9.95. The Bertz CT molecular complexity index is 1230. The molecule has 0 bridgehead atoms. The summed E-state index contributed by atoms with van der Waals surface area (Å²) in [5.74, 6) is 0.208. The quantitative estimate of drug-likeness (QED) is 0.136. The molecule has 2 amide bonds. The van der Waals surface area contributed by atoms with E-state index in [9.17, 15) is 14.7 Å². The second kappa shape index (κ2) is 13.2. The van der Waals surface area contributed by atoms with Crippen LogP contribution in [0.1, 0.15) is 31.0 Å². The summed E-state index contributed by atoms with van der Waals surface area (Å²) in [4.78, 5) is 26.5. The van der Waals surface area contributed by atoms with Crippen LogP contribution in [0.4, 0.5) is 10.5 Å². The molecule has 0 radical (unpaired) electrons. The lowest BCUT2D eigenvalue weighted by molar-refractivity contribution is -0.136. The number of hydrazone groups is 1. The van der Waals surface area contributed by atoms with Crippen LogP contribution >= 0.6 is 15.9 Å². The predicted molar refractivity (Wildman–Crippen MR) is 147 cm³/mol. The smallest absolute Gasteiger partial charge is 0.337 e. The second-order valence-corrected chi connectivity index (χ2v) is 9.37. The molecule has 2 aromatic carbocycles. The van der Waals surface area contributed by atoms with Gasteiger partial charge in [-0.1, -0.05) is 12.1 Å². The molecule has 0 saturated heterocycles. The van der Waals surface area contributed by atoms with Crippen LogP contribution in [0.25, 0.3) is 0 Å². The lowest BCUT2D eigenvalue weighted by Gasteiger charge is -2.28. The Kier molecular flexibility index (Phi) is 9.97. The fourth-order valence-electron chi connectivity index (χ4n) is 3.79. The number of hydrogen-bond donors (Lipinski definition) is 4. The van der Waals surface area contributed by atoms with E-state index in [2.05, 4.69) is 37.1 Å². The van der Waals surface area contributed by atoms with Crippen molar-refractivity contribution in [1.82, 2.24) is 16.1 Å². The molecule has 3 rings (SSSR count). The number of urea groups is 1. The van der Waals surface area contributed by atoms with Crippen molar-refractivity contribution in [2.24, 2.45) is 5.10 Å². The highest BCUT2D eigenvalue weighted by molar-refractivity contribution is 9.10. The molecule has 1 heterocycles. The molecule has 1 aliphatic rings. The number of ether oxygens (including phenoxy) is 3. The highest BCUT2D eigenvalue weighted by Crippen LogP contribution is 2.35. The van der Waals surface area contributed by atoms with Gasteiger partial charge in [0.2, 0.25) is 0 Å². The Labute approximate surface area is 230 Å². The number of nitrogens with zero attached hydrogens (tertiary/aromatic N) is 2. The predicted octanol–water partition coefficient (Wildman–Crippen LogP) is 3.04. The third-order valence-electron chi connectivity index (χ3n) is 5.56. The van der Waals surface area contributed by atoms with E-state index in [4.69, 9.17) is 14.2 Å². The summed E-state index contributed by atoms with van der Waals surface area (Å²) in [6.07, 6.45) is 0.500. The molecular weight excluding hydrogens is 558 g/mol. The van der Waals surface area contributed by atoms with Gasteiger partial charge < -0.3 is 34.9 Å². The summed E-state index contributed by atoms with van der Waals surface area (Å²) in [5, 5.41) is 19.7. The normalized spacial score (nSPS) is 16.0. The minimum absolute atomic E-state index is 0.115. The highest BCUT2D eigenvalue weighted by Gasteiger charge is 2.32. The zero-order valence-electron chi connectivity index (χ0n) is 21.9. The second-order valence-electron chi connectivity index (χ2n) is 8.52. The van der Waals surface area contributed by atoms with E-state index >= 15 is 0 Å². The Morgan fingerprint density at radius 3 is 2.66 bits per heavy atom. The molecule has 2 atom stereocenters. The molecule has 38 heavy (non-hydrogen) atoms. The number of aliphatic hydroxyl groups is 1.